The van der Waals surface area contributed by atoms with Crippen molar-refractivity contribution in [2.45, 2.75) is 19.0 Å². The van der Waals surface area contributed by atoms with E-state index in [0.29, 0.717) is 18.7 Å². The molecule has 6 nitrogen and oxygen atoms in total. The largest absolute Gasteiger partial charge is 0.468 e. The van der Waals surface area contributed by atoms with Gasteiger partial charge in [0.2, 0.25) is 0 Å². The number of benzene rings is 1. The molecule has 2 unspecified atom stereocenters. The number of pyridine rings is 1. The van der Waals surface area contributed by atoms with Gasteiger partial charge >= 0.3 is 5.97 Å². The summed E-state index contributed by atoms with van der Waals surface area (Å²) in [6.07, 6.45) is 10.7. The molecule has 1 amide bonds. The van der Waals surface area contributed by atoms with Gasteiger partial charge in [-0.1, -0.05) is 66.8 Å². The van der Waals surface area contributed by atoms with E-state index in [1.165, 1.54) is 7.11 Å². The second kappa shape index (κ2) is 11.2. The first-order chi connectivity index (χ1) is 15.6. The average Bonchev–Trinajstić information content (AvgIpc) is 2.85. The normalized spacial score (nSPS) is 18.4. The van der Waals surface area contributed by atoms with Crippen molar-refractivity contribution in [1.29, 1.82) is 0 Å². The van der Waals surface area contributed by atoms with Crippen LogP contribution in [0.25, 0.3) is 0 Å². The topological polar surface area (TPSA) is 62.7 Å². The first-order valence-corrected chi connectivity index (χ1v) is 10.6. The summed E-state index contributed by atoms with van der Waals surface area (Å²) in [7, 11) is 1.38. The van der Waals surface area contributed by atoms with E-state index < -0.39 is 6.04 Å². The van der Waals surface area contributed by atoms with Crippen molar-refractivity contribution in [2.24, 2.45) is 0 Å². The highest BCUT2D eigenvalue weighted by atomic mass is 16.5. The lowest BCUT2D eigenvalue weighted by atomic mass is 9.94. The van der Waals surface area contributed by atoms with Crippen molar-refractivity contribution in [1.82, 2.24) is 14.8 Å². The number of hydrogen-bond donors (Lipinski definition) is 0. The standard InChI is InChI=1S/C26H29N3O3/c1-4-5-7-11-20(2)24(21-12-8-6-9-13-21)29-17-16-28(19-23(29)26(31)32-3)25(30)22-14-10-15-27-18-22/h4-15,18,23-24H,1,16-17,19H2,2-3H3/b7-5-,20-11?. The van der Waals surface area contributed by atoms with E-state index in [1.54, 1.807) is 35.5 Å². The van der Waals surface area contributed by atoms with E-state index in [-0.39, 0.29) is 24.5 Å². The van der Waals surface area contributed by atoms with Gasteiger partial charge in [-0.25, -0.2) is 0 Å². The number of allylic oxidation sites excluding steroid dienone is 4. The Kier molecular flexibility index (Phi) is 8.11. The molecule has 0 spiro atoms. The molecule has 0 saturated carbocycles. The summed E-state index contributed by atoms with van der Waals surface area (Å²) in [6, 6.07) is 12.8. The minimum Gasteiger partial charge on any atom is -0.468 e. The first kappa shape index (κ1) is 23.2. The number of esters is 1. The first-order valence-electron chi connectivity index (χ1n) is 10.6. The molecule has 0 aliphatic carbocycles. The fourth-order valence-electron chi connectivity index (χ4n) is 4.04. The predicted octanol–water partition coefficient (Wildman–Crippen LogP) is 3.81. The molecule has 0 radical (unpaired) electrons. The third-order valence-electron chi connectivity index (χ3n) is 5.58. The molecule has 3 rings (SSSR count). The molecular weight excluding hydrogens is 402 g/mol. The average molecular weight is 432 g/mol. The molecule has 2 atom stereocenters. The number of nitrogens with zero attached hydrogens (tertiary/aromatic N) is 3. The van der Waals surface area contributed by atoms with Gasteiger partial charge in [-0.2, -0.15) is 0 Å². The van der Waals surface area contributed by atoms with Crippen LogP contribution in [0.5, 0.6) is 0 Å². The van der Waals surface area contributed by atoms with Gasteiger partial charge in [0.25, 0.3) is 5.91 Å². The number of carbonyl (C=O) groups is 2. The molecule has 166 valence electrons. The molecule has 32 heavy (non-hydrogen) atoms. The summed E-state index contributed by atoms with van der Waals surface area (Å²) >= 11 is 0. The molecule has 1 fully saturated rings. The van der Waals surface area contributed by atoms with Gasteiger partial charge < -0.3 is 9.64 Å². The zero-order chi connectivity index (χ0) is 22.9. The zero-order valence-corrected chi connectivity index (χ0v) is 18.6. The maximum atomic E-state index is 13.0. The summed E-state index contributed by atoms with van der Waals surface area (Å²) < 4.78 is 5.14. The lowest BCUT2D eigenvalue weighted by Crippen LogP contribution is -2.59. The summed E-state index contributed by atoms with van der Waals surface area (Å²) in [5, 5.41) is 0. The third kappa shape index (κ3) is 5.39. The van der Waals surface area contributed by atoms with E-state index in [1.807, 2.05) is 43.4 Å². The Morgan fingerprint density at radius 3 is 2.59 bits per heavy atom. The van der Waals surface area contributed by atoms with Crippen molar-refractivity contribution >= 4 is 11.9 Å². The van der Waals surface area contributed by atoms with E-state index in [2.05, 4.69) is 28.6 Å². The van der Waals surface area contributed by atoms with Gasteiger partial charge in [-0.05, 0) is 24.6 Å². The Labute approximate surface area is 189 Å². The molecule has 1 aromatic carbocycles. The Morgan fingerprint density at radius 2 is 1.94 bits per heavy atom. The van der Waals surface area contributed by atoms with Crippen LogP contribution in [0, 0.1) is 0 Å². The van der Waals surface area contributed by atoms with Crippen molar-refractivity contribution in [3.63, 3.8) is 0 Å². The zero-order valence-electron chi connectivity index (χ0n) is 18.6. The lowest BCUT2D eigenvalue weighted by Gasteiger charge is -2.44. The second-order valence-corrected chi connectivity index (χ2v) is 7.61. The SMILES string of the molecule is C=C/C=C\C=C(C)C(c1ccccc1)N1CCN(C(=O)c2cccnc2)CC1C(=O)OC. The fraction of sp³-hybridized carbons (Fsp3) is 0.269. The highest BCUT2D eigenvalue weighted by molar-refractivity contribution is 5.94. The summed E-state index contributed by atoms with van der Waals surface area (Å²) in [4.78, 5) is 33.7. The number of amides is 1. The number of piperazine rings is 1. The molecule has 0 N–H and O–H groups in total. The molecule has 2 heterocycles. The summed E-state index contributed by atoms with van der Waals surface area (Å²) in [6.45, 7) is 7.04. The highest BCUT2D eigenvalue weighted by Gasteiger charge is 2.39. The van der Waals surface area contributed by atoms with Crippen LogP contribution < -0.4 is 0 Å². The summed E-state index contributed by atoms with van der Waals surface area (Å²) in [5.41, 5.74) is 2.67. The Morgan fingerprint density at radius 1 is 1.16 bits per heavy atom. The smallest absolute Gasteiger partial charge is 0.324 e. The van der Waals surface area contributed by atoms with Gasteiger partial charge in [0.1, 0.15) is 6.04 Å². The van der Waals surface area contributed by atoms with E-state index in [4.69, 9.17) is 4.74 Å². The highest BCUT2D eigenvalue weighted by Crippen LogP contribution is 2.32. The Balaban J connectivity index is 1.94. The third-order valence-corrected chi connectivity index (χ3v) is 5.58. The maximum absolute atomic E-state index is 13.0. The van der Waals surface area contributed by atoms with Gasteiger partial charge in [-0.15, -0.1) is 0 Å². The van der Waals surface area contributed by atoms with E-state index in [9.17, 15) is 9.59 Å². The minimum absolute atomic E-state index is 0.134. The molecule has 1 aromatic heterocycles. The molecule has 1 aliphatic rings. The fourth-order valence-corrected chi connectivity index (χ4v) is 4.04. The van der Waals surface area contributed by atoms with Gasteiger partial charge in [-0.3, -0.25) is 19.5 Å². The lowest BCUT2D eigenvalue weighted by molar-refractivity contribution is -0.150. The number of rotatable bonds is 7. The molecule has 2 aromatic rings. The van der Waals surface area contributed by atoms with Crippen molar-refractivity contribution in [3.8, 4) is 0 Å². The van der Waals surface area contributed by atoms with Gasteiger partial charge in [0, 0.05) is 32.0 Å². The predicted molar refractivity (Wildman–Crippen MR) is 125 cm³/mol. The number of ether oxygens (including phenoxy) is 1. The molecule has 1 aliphatic heterocycles. The van der Waals surface area contributed by atoms with Crippen LogP contribution in [0.1, 0.15) is 28.9 Å². The molecule has 0 bridgehead atoms. The number of methoxy groups -OCH3 is 1. The Hall–Kier alpha value is -3.51. The number of hydrogen-bond acceptors (Lipinski definition) is 5. The molecule has 1 saturated heterocycles. The number of carbonyl (C=O) groups excluding carboxylic acids is 2. The van der Waals surface area contributed by atoms with Crippen LogP contribution in [-0.4, -0.2) is 59.4 Å². The van der Waals surface area contributed by atoms with Gasteiger partial charge in [0.15, 0.2) is 0 Å². The van der Waals surface area contributed by atoms with E-state index >= 15 is 0 Å². The van der Waals surface area contributed by atoms with Crippen molar-refractivity contribution < 1.29 is 14.3 Å². The van der Waals surface area contributed by atoms with E-state index in [0.717, 1.165) is 11.1 Å². The van der Waals surface area contributed by atoms with Crippen LogP contribution >= 0.6 is 0 Å². The van der Waals surface area contributed by atoms with Crippen LogP contribution in [0.4, 0.5) is 0 Å². The minimum atomic E-state index is -0.591. The quantitative estimate of drug-likeness (QED) is 0.493. The molecular formula is C26H29N3O3. The van der Waals surface area contributed by atoms with Crippen LogP contribution in [-0.2, 0) is 9.53 Å². The van der Waals surface area contributed by atoms with Crippen LogP contribution in [0.15, 0.2) is 91.3 Å². The summed E-state index contributed by atoms with van der Waals surface area (Å²) in [5.74, 6) is -0.492. The Bertz CT molecular complexity index is 986. The monoisotopic (exact) mass is 431 g/mol. The van der Waals surface area contributed by atoms with Crippen molar-refractivity contribution in [3.05, 3.63) is 102 Å². The van der Waals surface area contributed by atoms with Crippen LogP contribution in [0.2, 0.25) is 0 Å². The maximum Gasteiger partial charge on any atom is 0.324 e. The van der Waals surface area contributed by atoms with Crippen molar-refractivity contribution in [2.75, 3.05) is 26.7 Å². The van der Waals surface area contributed by atoms with Crippen LogP contribution in [0.3, 0.4) is 0 Å². The molecule has 6 heteroatoms. The number of aromatic nitrogens is 1. The second-order valence-electron chi connectivity index (χ2n) is 7.61. The van der Waals surface area contributed by atoms with Gasteiger partial charge in [0.05, 0.1) is 18.7 Å².